The molecule has 1 aromatic heterocycles. The van der Waals surface area contributed by atoms with Gasteiger partial charge in [0.05, 0.1) is 25.9 Å². The summed E-state index contributed by atoms with van der Waals surface area (Å²) in [7, 11) is 0. The lowest BCUT2D eigenvalue weighted by Crippen LogP contribution is -2.34. The normalized spacial score (nSPS) is 20.7. The summed E-state index contributed by atoms with van der Waals surface area (Å²) in [4.78, 5) is 7.76. The lowest BCUT2D eigenvalue weighted by Gasteiger charge is -2.23. The Morgan fingerprint density at radius 3 is 3.12 bits per heavy atom. The van der Waals surface area contributed by atoms with Gasteiger partial charge in [-0.1, -0.05) is 11.6 Å². The van der Waals surface area contributed by atoms with Crippen molar-refractivity contribution in [3.8, 4) is 0 Å². The van der Waals surface area contributed by atoms with Gasteiger partial charge in [-0.2, -0.15) is 0 Å². The van der Waals surface area contributed by atoms with Crippen LogP contribution < -0.4 is 11.1 Å². The number of hydrogen-bond acceptors (Lipinski definition) is 6. The van der Waals surface area contributed by atoms with Crippen LogP contribution in [0.4, 0.5) is 11.5 Å². The van der Waals surface area contributed by atoms with Crippen molar-refractivity contribution in [3.63, 3.8) is 0 Å². The van der Waals surface area contributed by atoms with Gasteiger partial charge in [0.2, 0.25) is 0 Å². The highest BCUT2D eigenvalue weighted by atomic mass is 35.5. The zero-order valence-corrected chi connectivity index (χ0v) is 9.41. The van der Waals surface area contributed by atoms with E-state index in [0.717, 1.165) is 0 Å². The first kappa shape index (κ1) is 11.4. The molecule has 0 aromatic carbocycles. The minimum Gasteiger partial charge on any atom is -0.393 e. The lowest BCUT2D eigenvalue weighted by atomic mass is 10.3. The van der Waals surface area contributed by atoms with E-state index >= 15 is 0 Å². The second-order valence-electron chi connectivity index (χ2n) is 3.38. The fraction of sp³-hybridized carbons (Fsp3) is 0.556. The van der Waals surface area contributed by atoms with Crippen molar-refractivity contribution in [2.75, 3.05) is 37.4 Å². The maximum Gasteiger partial charge on any atom is 0.157 e. The number of nitrogens with one attached hydrogen (secondary N) is 1. The molecule has 1 aliphatic heterocycles. The van der Waals surface area contributed by atoms with Crippen LogP contribution in [0.2, 0.25) is 5.15 Å². The molecule has 1 fully saturated rings. The molecule has 1 atom stereocenters. The van der Waals surface area contributed by atoms with E-state index in [2.05, 4.69) is 15.3 Å². The molecule has 7 heteroatoms. The van der Waals surface area contributed by atoms with Crippen molar-refractivity contribution < 1.29 is 9.47 Å². The van der Waals surface area contributed by atoms with Gasteiger partial charge in [-0.05, 0) is 0 Å². The number of anilines is 2. The van der Waals surface area contributed by atoms with E-state index in [9.17, 15) is 0 Å². The Kier molecular flexibility index (Phi) is 3.76. The molecule has 88 valence electrons. The minimum absolute atomic E-state index is 0.0156. The second kappa shape index (κ2) is 5.29. The van der Waals surface area contributed by atoms with Gasteiger partial charge >= 0.3 is 0 Å². The Labute approximate surface area is 98.1 Å². The van der Waals surface area contributed by atoms with Gasteiger partial charge in [0.25, 0.3) is 0 Å². The van der Waals surface area contributed by atoms with E-state index in [-0.39, 0.29) is 11.3 Å². The summed E-state index contributed by atoms with van der Waals surface area (Å²) in [6.07, 6.45) is 1.38. The van der Waals surface area contributed by atoms with Crippen molar-refractivity contribution in [1.82, 2.24) is 9.97 Å². The highest BCUT2D eigenvalue weighted by Gasteiger charge is 2.15. The van der Waals surface area contributed by atoms with E-state index in [1.165, 1.54) is 6.33 Å². The number of rotatable bonds is 3. The van der Waals surface area contributed by atoms with Gasteiger partial charge in [-0.3, -0.25) is 0 Å². The number of nitrogen functional groups attached to an aromatic ring is 1. The average Bonchev–Trinajstić information content (AvgIpc) is 2.32. The number of nitrogens with two attached hydrogens (primary N) is 1. The van der Waals surface area contributed by atoms with Gasteiger partial charge in [0, 0.05) is 6.54 Å². The summed E-state index contributed by atoms with van der Waals surface area (Å²) < 4.78 is 10.7. The maximum absolute atomic E-state index is 5.76. The summed E-state index contributed by atoms with van der Waals surface area (Å²) in [6, 6.07) is 0. The van der Waals surface area contributed by atoms with Crippen LogP contribution in [0.15, 0.2) is 6.33 Å². The molecule has 16 heavy (non-hydrogen) atoms. The van der Waals surface area contributed by atoms with Crippen molar-refractivity contribution in [2.24, 2.45) is 0 Å². The molecule has 0 aliphatic carbocycles. The fourth-order valence-corrected chi connectivity index (χ4v) is 1.51. The molecular formula is C9H13ClN4O2. The van der Waals surface area contributed by atoms with Gasteiger partial charge in [-0.25, -0.2) is 9.97 Å². The van der Waals surface area contributed by atoms with Crippen molar-refractivity contribution in [3.05, 3.63) is 11.5 Å². The molecule has 0 bridgehead atoms. The number of aromatic nitrogens is 2. The zero-order chi connectivity index (χ0) is 11.4. The molecule has 0 amide bonds. The largest absolute Gasteiger partial charge is 0.393 e. The van der Waals surface area contributed by atoms with Crippen molar-refractivity contribution in [1.29, 1.82) is 0 Å². The molecule has 1 aromatic rings. The third kappa shape index (κ3) is 2.72. The van der Waals surface area contributed by atoms with Crippen LogP contribution in [0.3, 0.4) is 0 Å². The standard InChI is InChI=1S/C9H13ClN4O2/c10-8-7(11)9(14-5-13-8)12-3-6-4-15-1-2-16-6/h5-6H,1-4,11H2,(H,12,13,14). The summed E-state index contributed by atoms with van der Waals surface area (Å²) in [5, 5.41) is 3.31. The van der Waals surface area contributed by atoms with Crippen LogP contribution in [0.25, 0.3) is 0 Å². The summed E-state index contributed by atoms with van der Waals surface area (Å²) in [5.41, 5.74) is 6.05. The first-order valence-electron chi connectivity index (χ1n) is 4.96. The summed E-state index contributed by atoms with van der Waals surface area (Å²) in [5.74, 6) is 0.522. The summed E-state index contributed by atoms with van der Waals surface area (Å²) >= 11 is 5.76. The molecule has 0 saturated carbocycles. The van der Waals surface area contributed by atoms with Crippen LogP contribution in [0, 0.1) is 0 Å². The molecule has 2 heterocycles. The van der Waals surface area contributed by atoms with Crippen molar-refractivity contribution >= 4 is 23.1 Å². The lowest BCUT2D eigenvalue weighted by molar-refractivity contribution is -0.0819. The maximum atomic E-state index is 5.76. The van der Waals surface area contributed by atoms with Gasteiger partial charge in [0.1, 0.15) is 12.0 Å². The molecule has 3 N–H and O–H groups in total. The second-order valence-corrected chi connectivity index (χ2v) is 3.73. The fourth-order valence-electron chi connectivity index (χ4n) is 1.38. The Bertz CT molecular complexity index is 357. The molecule has 0 spiro atoms. The first-order chi connectivity index (χ1) is 7.77. The molecular weight excluding hydrogens is 232 g/mol. The van der Waals surface area contributed by atoms with Crippen LogP contribution in [-0.2, 0) is 9.47 Å². The number of hydrogen-bond donors (Lipinski definition) is 2. The highest BCUT2D eigenvalue weighted by Crippen LogP contribution is 2.21. The predicted octanol–water partition coefficient (Wildman–Crippen LogP) is 0.539. The molecule has 0 radical (unpaired) electrons. The molecule has 6 nitrogen and oxygen atoms in total. The molecule has 2 rings (SSSR count). The topological polar surface area (TPSA) is 82.3 Å². The van der Waals surface area contributed by atoms with Crippen molar-refractivity contribution in [2.45, 2.75) is 6.10 Å². The van der Waals surface area contributed by atoms with E-state index < -0.39 is 0 Å². The Morgan fingerprint density at radius 1 is 1.50 bits per heavy atom. The third-order valence-electron chi connectivity index (χ3n) is 2.22. The third-order valence-corrected chi connectivity index (χ3v) is 2.52. The Balaban J connectivity index is 1.91. The van der Waals surface area contributed by atoms with E-state index in [1.807, 2.05) is 0 Å². The Morgan fingerprint density at radius 2 is 2.38 bits per heavy atom. The minimum atomic E-state index is 0.0156. The number of ether oxygens (including phenoxy) is 2. The zero-order valence-electron chi connectivity index (χ0n) is 8.65. The van der Waals surface area contributed by atoms with Gasteiger partial charge < -0.3 is 20.5 Å². The quantitative estimate of drug-likeness (QED) is 0.756. The van der Waals surface area contributed by atoms with Gasteiger partial charge in [0.15, 0.2) is 11.0 Å². The van der Waals surface area contributed by atoms with E-state index in [4.69, 9.17) is 26.8 Å². The van der Waals surface area contributed by atoms with Crippen LogP contribution in [0.5, 0.6) is 0 Å². The highest BCUT2D eigenvalue weighted by molar-refractivity contribution is 6.32. The molecule has 1 aliphatic rings. The molecule has 1 unspecified atom stereocenters. The summed E-state index contributed by atoms with van der Waals surface area (Å²) in [6.45, 7) is 2.42. The average molecular weight is 245 g/mol. The number of halogens is 1. The van der Waals surface area contributed by atoms with Gasteiger partial charge in [-0.15, -0.1) is 0 Å². The monoisotopic (exact) mass is 244 g/mol. The van der Waals surface area contributed by atoms with E-state index in [1.54, 1.807) is 0 Å². The predicted molar refractivity (Wildman–Crippen MR) is 60.5 cm³/mol. The van der Waals surface area contributed by atoms with E-state index in [0.29, 0.717) is 37.9 Å². The SMILES string of the molecule is Nc1c(Cl)ncnc1NCC1COCCO1. The number of nitrogens with zero attached hydrogens (tertiary/aromatic N) is 2. The van der Waals surface area contributed by atoms with Crippen LogP contribution in [0.1, 0.15) is 0 Å². The smallest absolute Gasteiger partial charge is 0.157 e. The van der Waals surface area contributed by atoms with Crippen LogP contribution >= 0.6 is 11.6 Å². The van der Waals surface area contributed by atoms with Crippen LogP contribution in [-0.4, -0.2) is 42.4 Å². The molecule has 1 saturated heterocycles. The first-order valence-corrected chi connectivity index (χ1v) is 5.34. The Hall–Kier alpha value is -1.11.